The molecule has 0 aliphatic rings. The smallest absolute Gasteiger partial charge is 0.389 e. The predicted octanol–water partition coefficient (Wildman–Crippen LogP) is 1.94. The standard InChI is InChI=1S/C9H18F3NO/c1-7(2)8(6-14)13-5-3-4-9(10,11)12/h7-8,13-14H,3-6H2,1-2H3. The van der Waals surface area contributed by atoms with Crippen molar-refractivity contribution in [1.29, 1.82) is 0 Å². The van der Waals surface area contributed by atoms with E-state index in [1.165, 1.54) is 0 Å². The van der Waals surface area contributed by atoms with Crippen molar-refractivity contribution in [1.82, 2.24) is 5.32 Å². The first kappa shape index (κ1) is 13.7. The Balaban J connectivity index is 3.52. The van der Waals surface area contributed by atoms with Crippen LogP contribution in [0.1, 0.15) is 26.7 Å². The summed E-state index contributed by atoms with van der Waals surface area (Å²) in [6.07, 6.45) is -4.78. The molecule has 5 heteroatoms. The second kappa shape index (κ2) is 6.24. The zero-order chi connectivity index (χ0) is 11.2. The lowest BCUT2D eigenvalue weighted by Gasteiger charge is -2.19. The maximum Gasteiger partial charge on any atom is 0.389 e. The fourth-order valence-electron chi connectivity index (χ4n) is 1.09. The number of nitrogens with one attached hydrogen (secondary N) is 1. The van der Waals surface area contributed by atoms with Gasteiger partial charge in [0.25, 0.3) is 0 Å². The number of hydrogen-bond acceptors (Lipinski definition) is 2. The minimum absolute atomic E-state index is 0.0380. The highest BCUT2D eigenvalue weighted by molar-refractivity contribution is 4.69. The lowest BCUT2D eigenvalue weighted by Crippen LogP contribution is -2.37. The highest BCUT2D eigenvalue weighted by atomic mass is 19.4. The number of halogens is 3. The Morgan fingerprint density at radius 1 is 1.29 bits per heavy atom. The van der Waals surface area contributed by atoms with E-state index in [1.54, 1.807) is 0 Å². The summed E-state index contributed by atoms with van der Waals surface area (Å²) in [4.78, 5) is 0. The van der Waals surface area contributed by atoms with Gasteiger partial charge in [0.05, 0.1) is 6.61 Å². The molecular formula is C9H18F3NO. The molecule has 0 spiro atoms. The molecule has 0 aromatic rings. The maximum atomic E-state index is 11.7. The van der Waals surface area contributed by atoms with Crippen molar-refractivity contribution in [2.45, 2.75) is 38.9 Å². The number of aliphatic hydroxyl groups excluding tert-OH is 1. The molecule has 2 N–H and O–H groups in total. The van der Waals surface area contributed by atoms with E-state index in [0.29, 0.717) is 6.54 Å². The van der Waals surface area contributed by atoms with Gasteiger partial charge in [0, 0.05) is 12.5 Å². The quantitative estimate of drug-likeness (QED) is 0.661. The summed E-state index contributed by atoms with van der Waals surface area (Å²) in [5.74, 6) is 0.228. The van der Waals surface area contributed by atoms with Crippen LogP contribution in [0, 0.1) is 5.92 Å². The second-order valence-corrected chi connectivity index (χ2v) is 3.71. The number of aliphatic hydroxyl groups is 1. The van der Waals surface area contributed by atoms with Crippen molar-refractivity contribution in [3.63, 3.8) is 0 Å². The average molecular weight is 213 g/mol. The second-order valence-electron chi connectivity index (χ2n) is 3.71. The molecule has 0 radical (unpaired) electrons. The van der Waals surface area contributed by atoms with Gasteiger partial charge in [0.15, 0.2) is 0 Å². The molecule has 86 valence electrons. The molecule has 1 unspecified atom stereocenters. The Bertz CT molecular complexity index is 147. The van der Waals surface area contributed by atoms with E-state index in [1.807, 2.05) is 13.8 Å². The van der Waals surface area contributed by atoms with E-state index in [4.69, 9.17) is 5.11 Å². The molecule has 0 saturated carbocycles. The van der Waals surface area contributed by atoms with E-state index < -0.39 is 12.6 Å². The minimum Gasteiger partial charge on any atom is -0.395 e. The third-order valence-corrected chi connectivity index (χ3v) is 2.04. The molecule has 0 heterocycles. The van der Waals surface area contributed by atoms with E-state index in [-0.39, 0.29) is 25.0 Å². The van der Waals surface area contributed by atoms with Crippen LogP contribution in [-0.4, -0.2) is 30.5 Å². The fourth-order valence-corrected chi connectivity index (χ4v) is 1.09. The maximum absolute atomic E-state index is 11.7. The van der Waals surface area contributed by atoms with Crippen molar-refractivity contribution >= 4 is 0 Å². The molecule has 0 aliphatic heterocycles. The lowest BCUT2D eigenvalue weighted by molar-refractivity contribution is -0.135. The summed E-state index contributed by atoms with van der Waals surface area (Å²) in [7, 11) is 0. The van der Waals surface area contributed by atoms with Gasteiger partial charge >= 0.3 is 6.18 Å². The summed E-state index contributed by atoms with van der Waals surface area (Å²) < 4.78 is 35.2. The van der Waals surface area contributed by atoms with Crippen LogP contribution < -0.4 is 5.32 Å². The normalized spacial score (nSPS) is 14.8. The van der Waals surface area contributed by atoms with Crippen molar-refractivity contribution in [3.05, 3.63) is 0 Å². The van der Waals surface area contributed by atoms with E-state index in [9.17, 15) is 13.2 Å². The molecule has 0 amide bonds. The Morgan fingerprint density at radius 2 is 1.86 bits per heavy atom. The average Bonchev–Trinajstić information content (AvgIpc) is 2.01. The van der Waals surface area contributed by atoms with Crippen molar-refractivity contribution in [2.24, 2.45) is 5.92 Å². The largest absolute Gasteiger partial charge is 0.395 e. The summed E-state index contributed by atoms with van der Waals surface area (Å²) in [6, 6.07) is -0.108. The van der Waals surface area contributed by atoms with E-state index in [0.717, 1.165) is 0 Å². The van der Waals surface area contributed by atoms with Gasteiger partial charge in [-0.1, -0.05) is 13.8 Å². The Hall–Kier alpha value is -0.290. The first-order valence-electron chi connectivity index (χ1n) is 4.78. The van der Waals surface area contributed by atoms with Gasteiger partial charge in [-0.2, -0.15) is 13.2 Å². The predicted molar refractivity (Wildman–Crippen MR) is 49.0 cm³/mol. The van der Waals surface area contributed by atoms with Crippen LogP contribution in [0.25, 0.3) is 0 Å². The molecule has 2 nitrogen and oxygen atoms in total. The number of rotatable bonds is 6. The number of alkyl halides is 3. The third kappa shape index (κ3) is 7.15. The Morgan fingerprint density at radius 3 is 2.21 bits per heavy atom. The third-order valence-electron chi connectivity index (χ3n) is 2.04. The van der Waals surface area contributed by atoms with Gasteiger partial charge in [0.1, 0.15) is 0 Å². The van der Waals surface area contributed by atoms with Crippen LogP contribution in [-0.2, 0) is 0 Å². The van der Waals surface area contributed by atoms with Crippen molar-refractivity contribution in [2.75, 3.05) is 13.2 Å². The Labute approximate surface area is 82.5 Å². The van der Waals surface area contributed by atoms with Gasteiger partial charge in [-0.15, -0.1) is 0 Å². The summed E-state index contributed by atoms with van der Waals surface area (Å²) in [5, 5.41) is 11.8. The molecule has 0 rings (SSSR count). The molecule has 14 heavy (non-hydrogen) atoms. The van der Waals surface area contributed by atoms with E-state index >= 15 is 0 Å². The molecule has 0 bridgehead atoms. The monoisotopic (exact) mass is 213 g/mol. The van der Waals surface area contributed by atoms with Crippen molar-refractivity contribution in [3.8, 4) is 0 Å². The summed E-state index contributed by atoms with van der Waals surface area (Å²) >= 11 is 0. The molecule has 0 saturated heterocycles. The molecule has 0 fully saturated rings. The van der Waals surface area contributed by atoms with Gasteiger partial charge in [0.2, 0.25) is 0 Å². The highest BCUT2D eigenvalue weighted by Gasteiger charge is 2.26. The van der Waals surface area contributed by atoms with Gasteiger partial charge in [-0.05, 0) is 18.9 Å². The Kier molecular flexibility index (Phi) is 6.11. The van der Waals surface area contributed by atoms with Crippen LogP contribution >= 0.6 is 0 Å². The molecule has 0 aromatic carbocycles. The molecule has 0 aliphatic carbocycles. The van der Waals surface area contributed by atoms with Gasteiger partial charge in [-0.25, -0.2) is 0 Å². The minimum atomic E-state index is -4.08. The molecule has 0 aromatic heterocycles. The van der Waals surface area contributed by atoms with E-state index in [2.05, 4.69) is 5.32 Å². The van der Waals surface area contributed by atoms with Crippen molar-refractivity contribution < 1.29 is 18.3 Å². The first-order chi connectivity index (χ1) is 6.37. The summed E-state index contributed by atoms with van der Waals surface area (Å²) in [5.41, 5.74) is 0. The molecular weight excluding hydrogens is 195 g/mol. The SMILES string of the molecule is CC(C)C(CO)NCCCC(F)(F)F. The van der Waals surface area contributed by atoms with Crippen LogP contribution in [0.5, 0.6) is 0 Å². The fraction of sp³-hybridized carbons (Fsp3) is 1.00. The lowest BCUT2D eigenvalue weighted by atomic mass is 10.1. The number of hydrogen-bond donors (Lipinski definition) is 2. The van der Waals surface area contributed by atoms with Crippen LogP contribution in [0.4, 0.5) is 13.2 Å². The van der Waals surface area contributed by atoms with Gasteiger partial charge < -0.3 is 10.4 Å². The zero-order valence-corrected chi connectivity index (χ0v) is 8.56. The highest BCUT2D eigenvalue weighted by Crippen LogP contribution is 2.20. The van der Waals surface area contributed by atoms with Crippen LogP contribution in [0.15, 0.2) is 0 Å². The van der Waals surface area contributed by atoms with Crippen LogP contribution in [0.2, 0.25) is 0 Å². The molecule has 1 atom stereocenters. The topological polar surface area (TPSA) is 32.3 Å². The van der Waals surface area contributed by atoms with Gasteiger partial charge in [-0.3, -0.25) is 0 Å². The first-order valence-corrected chi connectivity index (χ1v) is 4.78. The van der Waals surface area contributed by atoms with Crippen LogP contribution in [0.3, 0.4) is 0 Å². The zero-order valence-electron chi connectivity index (χ0n) is 8.56. The summed E-state index contributed by atoms with van der Waals surface area (Å²) in [6.45, 7) is 4.09.